The standard InChI is InChI=1S/C18H28ClNO/c1-4-13-6-8-14(9-7-13)18(20-5-2)15-10-11-16(19)17(12-15)21-3/h10-14,18,20H,4-9H2,1-3H3. The van der Waals surface area contributed by atoms with Crippen LogP contribution in [0.3, 0.4) is 0 Å². The summed E-state index contributed by atoms with van der Waals surface area (Å²) in [7, 11) is 1.68. The Hall–Kier alpha value is -0.730. The molecule has 21 heavy (non-hydrogen) atoms. The third-order valence-corrected chi connectivity index (χ3v) is 5.21. The fraction of sp³-hybridized carbons (Fsp3) is 0.667. The molecule has 1 aliphatic rings. The zero-order valence-corrected chi connectivity index (χ0v) is 14.2. The lowest BCUT2D eigenvalue weighted by Crippen LogP contribution is -2.31. The molecule has 0 amide bonds. The molecule has 0 heterocycles. The lowest BCUT2D eigenvalue weighted by molar-refractivity contribution is 0.220. The summed E-state index contributed by atoms with van der Waals surface area (Å²) >= 11 is 6.16. The second-order valence-corrected chi connectivity index (χ2v) is 6.53. The van der Waals surface area contributed by atoms with Crippen LogP contribution in [-0.4, -0.2) is 13.7 Å². The average molecular weight is 310 g/mol. The highest BCUT2D eigenvalue weighted by molar-refractivity contribution is 6.32. The van der Waals surface area contributed by atoms with Gasteiger partial charge in [-0.25, -0.2) is 0 Å². The molecule has 1 atom stereocenters. The molecule has 1 fully saturated rings. The largest absolute Gasteiger partial charge is 0.495 e. The van der Waals surface area contributed by atoms with E-state index in [0.29, 0.717) is 11.1 Å². The lowest BCUT2D eigenvalue weighted by Gasteiger charge is -2.34. The average Bonchev–Trinajstić information content (AvgIpc) is 2.53. The van der Waals surface area contributed by atoms with E-state index in [9.17, 15) is 0 Å². The van der Waals surface area contributed by atoms with E-state index in [-0.39, 0.29) is 0 Å². The predicted molar refractivity (Wildman–Crippen MR) is 90.2 cm³/mol. The zero-order chi connectivity index (χ0) is 15.2. The van der Waals surface area contributed by atoms with Gasteiger partial charge in [-0.3, -0.25) is 0 Å². The Balaban J connectivity index is 2.15. The monoisotopic (exact) mass is 309 g/mol. The number of halogens is 1. The Labute approximate surface area is 134 Å². The summed E-state index contributed by atoms with van der Waals surface area (Å²) in [6.07, 6.45) is 6.71. The molecule has 0 aromatic heterocycles. The minimum Gasteiger partial charge on any atom is -0.495 e. The van der Waals surface area contributed by atoms with E-state index in [1.807, 2.05) is 6.07 Å². The minimum absolute atomic E-state index is 0.416. The highest BCUT2D eigenvalue weighted by Gasteiger charge is 2.28. The SMILES string of the molecule is CCNC(c1ccc(Cl)c(OC)c1)C1CCC(CC)CC1. The molecule has 1 saturated carbocycles. The number of benzene rings is 1. The van der Waals surface area contributed by atoms with E-state index in [4.69, 9.17) is 16.3 Å². The summed E-state index contributed by atoms with van der Waals surface area (Å²) < 4.78 is 5.38. The Morgan fingerprint density at radius 2 is 1.95 bits per heavy atom. The number of nitrogens with one attached hydrogen (secondary N) is 1. The third kappa shape index (κ3) is 4.14. The molecule has 1 unspecified atom stereocenters. The van der Waals surface area contributed by atoms with Gasteiger partial charge >= 0.3 is 0 Å². The van der Waals surface area contributed by atoms with E-state index < -0.39 is 0 Å². The van der Waals surface area contributed by atoms with Gasteiger partial charge in [0.15, 0.2) is 0 Å². The first-order valence-corrected chi connectivity index (χ1v) is 8.64. The van der Waals surface area contributed by atoms with Crippen molar-refractivity contribution in [2.75, 3.05) is 13.7 Å². The molecule has 0 spiro atoms. The van der Waals surface area contributed by atoms with E-state index in [0.717, 1.165) is 24.1 Å². The van der Waals surface area contributed by atoms with Crippen LogP contribution in [0.5, 0.6) is 5.75 Å². The molecule has 1 aliphatic carbocycles. The minimum atomic E-state index is 0.416. The highest BCUT2D eigenvalue weighted by Crippen LogP contribution is 2.39. The second kappa shape index (κ2) is 8.05. The molecule has 1 aromatic carbocycles. The number of methoxy groups -OCH3 is 1. The molecule has 2 rings (SSSR count). The van der Waals surface area contributed by atoms with Gasteiger partial charge in [0.1, 0.15) is 5.75 Å². The molecule has 3 heteroatoms. The quantitative estimate of drug-likeness (QED) is 0.778. The Kier molecular flexibility index (Phi) is 6.38. The van der Waals surface area contributed by atoms with Crippen molar-refractivity contribution >= 4 is 11.6 Å². The topological polar surface area (TPSA) is 21.3 Å². The molecule has 0 aliphatic heterocycles. The lowest BCUT2D eigenvalue weighted by atomic mass is 9.76. The van der Waals surface area contributed by atoms with E-state index in [1.165, 1.54) is 37.7 Å². The van der Waals surface area contributed by atoms with Gasteiger partial charge < -0.3 is 10.1 Å². The van der Waals surface area contributed by atoms with Crippen molar-refractivity contribution in [3.63, 3.8) is 0 Å². The fourth-order valence-electron chi connectivity index (χ4n) is 3.58. The summed E-state index contributed by atoms with van der Waals surface area (Å²) in [5.41, 5.74) is 1.30. The normalized spacial score (nSPS) is 23.8. The molecule has 1 aromatic rings. The van der Waals surface area contributed by atoms with Crippen molar-refractivity contribution in [1.82, 2.24) is 5.32 Å². The Bertz CT molecular complexity index is 441. The molecule has 2 nitrogen and oxygen atoms in total. The maximum atomic E-state index is 6.16. The first-order chi connectivity index (χ1) is 10.2. The molecular weight excluding hydrogens is 282 g/mol. The van der Waals surface area contributed by atoms with E-state index in [2.05, 4.69) is 31.3 Å². The molecule has 0 bridgehead atoms. The van der Waals surface area contributed by atoms with Gasteiger partial charge in [-0.05, 0) is 48.9 Å². The van der Waals surface area contributed by atoms with E-state index >= 15 is 0 Å². The van der Waals surface area contributed by atoms with Crippen molar-refractivity contribution in [1.29, 1.82) is 0 Å². The van der Waals surface area contributed by atoms with Gasteiger partial charge in [0.25, 0.3) is 0 Å². The maximum Gasteiger partial charge on any atom is 0.137 e. The number of hydrogen-bond acceptors (Lipinski definition) is 2. The molecular formula is C18H28ClNO. The zero-order valence-electron chi connectivity index (χ0n) is 13.5. The number of hydrogen-bond donors (Lipinski definition) is 1. The summed E-state index contributed by atoms with van der Waals surface area (Å²) in [6, 6.07) is 6.61. The predicted octanol–water partition coefficient (Wildman–Crippen LogP) is 5.22. The molecule has 0 saturated heterocycles. The van der Waals surface area contributed by atoms with Crippen LogP contribution in [0.25, 0.3) is 0 Å². The van der Waals surface area contributed by atoms with Gasteiger partial charge in [-0.2, -0.15) is 0 Å². The van der Waals surface area contributed by atoms with Crippen LogP contribution in [0, 0.1) is 11.8 Å². The molecule has 0 radical (unpaired) electrons. The summed E-state index contributed by atoms with van der Waals surface area (Å²) in [4.78, 5) is 0. The van der Waals surface area contributed by atoms with Crippen LogP contribution < -0.4 is 10.1 Å². The van der Waals surface area contributed by atoms with Gasteiger partial charge in [-0.1, -0.05) is 50.8 Å². The van der Waals surface area contributed by atoms with Crippen molar-refractivity contribution in [2.24, 2.45) is 11.8 Å². The smallest absolute Gasteiger partial charge is 0.137 e. The van der Waals surface area contributed by atoms with Gasteiger partial charge in [0.05, 0.1) is 12.1 Å². The van der Waals surface area contributed by atoms with Gasteiger partial charge in [-0.15, -0.1) is 0 Å². The number of rotatable bonds is 6. The van der Waals surface area contributed by atoms with Crippen LogP contribution in [0.2, 0.25) is 5.02 Å². The first-order valence-electron chi connectivity index (χ1n) is 8.26. The van der Waals surface area contributed by atoms with Crippen molar-refractivity contribution in [3.05, 3.63) is 28.8 Å². The van der Waals surface area contributed by atoms with E-state index in [1.54, 1.807) is 7.11 Å². The Morgan fingerprint density at radius 1 is 1.24 bits per heavy atom. The van der Waals surface area contributed by atoms with Crippen LogP contribution in [-0.2, 0) is 0 Å². The van der Waals surface area contributed by atoms with Crippen molar-refractivity contribution < 1.29 is 4.74 Å². The van der Waals surface area contributed by atoms with Gasteiger partial charge in [0.2, 0.25) is 0 Å². The third-order valence-electron chi connectivity index (χ3n) is 4.90. The van der Waals surface area contributed by atoms with Crippen molar-refractivity contribution in [2.45, 2.75) is 52.0 Å². The summed E-state index contributed by atoms with van der Waals surface area (Å²) in [5.74, 6) is 2.43. The second-order valence-electron chi connectivity index (χ2n) is 6.12. The summed E-state index contributed by atoms with van der Waals surface area (Å²) in [5, 5.41) is 4.36. The summed E-state index contributed by atoms with van der Waals surface area (Å²) in [6.45, 7) is 5.48. The van der Waals surface area contributed by atoms with Crippen molar-refractivity contribution in [3.8, 4) is 5.75 Å². The maximum absolute atomic E-state index is 6.16. The van der Waals surface area contributed by atoms with Crippen LogP contribution in [0.15, 0.2) is 18.2 Å². The first kappa shape index (κ1) is 16.6. The van der Waals surface area contributed by atoms with Crippen LogP contribution in [0.1, 0.15) is 57.6 Å². The molecule has 1 N–H and O–H groups in total. The number of ether oxygens (including phenoxy) is 1. The van der Waals surface area contributed by atoms with Gasteiger partial charge in [0, 0.05) is 6.04 Å². The van der Waals surface area contributed by atoms with Crippen LogP contribution >= 0.6 is 11.6 Å². The van der Waals surface area contributed by atoms with Crippen LogP contribution in [0.4, 0.5) is 0 Å². The highest BCUT2D eigenvalue weighted by atomic mass is 35.5. The molecule has 118 valence electrons. The Morgan fingerprint density at radius 3 is 2.52 bits per heavy atom. The fourth-order valence-corrected chi connectivity index (χ4v) is 3.77.